The van der Waals surface area contributed by atoms with Gasteiger partial charge < -0.3 is 15.4 Å². The summed E-state index contributed by atoms with van der Waals surface area (Å²) in [5, 5.41) is 0. The number of rotatable bonds is 8. The van der Waals surface area contributed by atoms with Crippen LogP contribution in [0.1, 0.15) is 31.0 Å². The van der Waals surface area contributed by atoms with Crippen LogP contribution >= 0.6 is 0 Å². The number of aryl methyl sites for hydroxylation is 1. The van der Waals surface area contributed by atoms with Gasteiger partial charge in [-0.3, -0.25) is 4.90 Å². The lowest BCUT2D eigenvalue weighted by Gasteiger charge is -2.36. The van der Waals surface area contributed by atoms with Crippen molar-refractivity contribution in [1.29, 1.82) is 0 Å². The molecule has 2 N–H and O–H groups in total. The minimum atomic E-state index is 0.245. The second-order valence-corrected chi connectivity index (χ2v) is 5.92. The average molecular weight is 293 g/mol. The summed E-state index contributed by atoms with van der Waals surface area (Å²) in [7, 11) is 5.93. The minimum Gasteiger partial charge on any atom is -0.496 e. The number of methoxy groups -OCH3 is 1. The van der Waals surface area contributed by atoms with Gasteiger partial charge in [-0.1, -0.05) is 19.1 Å². The lowest BCUT2D eigenvalue weighted by atomic mass is 10.0. The molecule has 0 bridgehead atoms. The molecule has 2 unspecified atom stereocenters. The Morgan fingerprint density at radius 3 is 2.38 bits per heavy atom. The molecule has 2 atom stereocenters. The highest BCUT2D eigenvalue weighted by Gasteiger charge is 2.23. The van der Waals surface area contributed by atoms with Crippen molar-refractivity contribution in [2.24, 2.45) is 5.73 Å². The Balaban J connectivity index is 3.01. The molecule has 4 nitrogen and oxygen atoms in total. The summed E-state index contributed by atoms with van der Waals surface area (Å²) in [6.07, 6.45) is 0. The zero-order valence-corrected chi connectivity index (χ0v) is 14.4. The molecule has 21 heavy (non-hydrogen) atoms. The molecule has 0 fully saturated rings. The van der Waals surface area contributed by atoms with Crippen molar-refractivity contribution < 1.29 is 4.74 Å². The molecule has 1 aromatic rings. The van der Waals surface area contributed by atoms with Crippen LogP contribution in [-0.2, 0) is 0 Å². The molecule has 0 aromatic heterocycles. The van der Waals surface area contributed by atoms with E-state index < -0.39 is 0 Å². The molecule has 4 heteroatoms. The first-order chi connectivity index (χ1) is 9.94. The second-order valence-electron chi connectivity index (χ2n) is 5.92. The number of hydrogen-bond acceptors (Lipinski definition) is 4. The highest BCUT2D eigenvalue weighted by atomic mass is 16.5. The Kier molecular flexibility index (Phi) is 7.15. The molecule has 0 saturated heterocycles. The average Bonchev–Trinajstić information content (AvgIpc) is 2.43. The number of likely N-dealkylation sites (N-methyl/N-ethyl adjacent to an activating group) is 2. The fourth-order valence-electron chi connectivity index (χ4n) is 3.04. The van der Waals surface area contributed by atoms with E-state index in [1.54, 1.807) is 7.11 Å². The van der Waals surface area contributed by atoms with Crippen LogP contribution in [0.5, 0.6) is 5.75 Å². The minimum absolute atomic E-state index is 0.245. The summed E-state index contributed by atoms with van der Waals surface area (Å²) in [6.45, 7) is 9.18. The maximum Gasteiger partial charge on any atom is 0.121 e. The van der Waals surface area contributed by atoms with Gasteiger partial charge in [0.1, 0.15) is 5.75 Å². The van der Waals surface area contributed by atoms with Crippen molar-refractivity contribution in [2.75, 3.05) is 40.8 Å². The Morgan fingerprint density at radius 1 is 1.29 bits per heavy atom. The number of hydrogen-bond donors (Lipinski definition) is 1. The predicted octanol–water partition coefficient (Wildman–Crippen LogP) is 2.28. The standard InChI is InChI=1S/C17H31N3O/c1-7-20(14(3)12-19(4)5)16(11-18)15-8-9-17(21-6)13(2)10-15/h8-10,14,16H,7,11-12,18H2,1-6H3. The van der Waals surface area contributed by atoms with Crippen molar-refractivity contribution in [3.63, 3.8) is 0 Å². The largest absolute Gasteiger partial charge is 0.496 e. The summed E-state index contributed by atoms with van der Waals surface area (Å²) >= 11 is 0. The SMILES string of the molecule is CCN(C(C)CN(C)C)C(CN)c1ccc(OC)c(C)c1. The first kappa shape index (κ1) is 18.0. The van der Waals surface area contributed by atoms with Gasteiger partial charge in [-0.25, -0.2) is 0 Å². The second kappa shape index (κ2) is 8.37. The molecule has 0 aliphatic carbocycles. The van der Waals surface area contributed by atoms with Gasteiger partial charge in [0.2, 0.25) is 0 Å². The van der Waals surface area contributed by atoms with Gasteiger partial charge in [0.25, 0.3) is 0 Å². The molecule has 1 aromatic carbocycles. The maximum absolute atomic E-state index is 6.08. The van der Waals surface area contributed by atoms with E-state index in [0.717, 1.165) is 24.4 Å². The third kappa shape index (κ3) is 4.70. The number of nitrogens with zero attached hydrogens (tertiary/aromatic N) is 2. The highest BCUT2D eigenvalue weighted by molar-refractivity contribution is 5.37. The summed E-state index contributed by atoms with van der Waals surface area (Å²) in [4.78, 5) is 4.70. The third-order valence-electron chi connectivity index (χ3n) is 3.99. The molecular weight excluding hydrogens is 262 g/mol. The fourth-order valence-corrected chi connectivity index (χ4v) is 3.04. The van der Waals surface area contributed by atoms with E-state index in [0.29, 0.717) is 12.6 Å². The Hall–Kier alpha value is -1.10. The van der Waals surface area contributed by atoms with Gasteiger partial charge in [-0.2, -0.15) is 0 Å². The summed E-state index contributed by atoms with van der Waals surface area (Å²) in [6, 6.07) is 7.07. The van der Waals surface area contributed by atoms with E-state index in [1.165, 1.54) is 5.56 Å². The highest BCUT2D eigenvalue weighted by Crippen LogP contribution is 2.27. The van der Waals surface area contributed by atoms with Crippen LogP contribution in [0.2, 0.25) is 0 Å². The fraction of sp³-hybridized carbons (Fsp3) is 0.647. The first-order valence-corrected chi connectivity index (χ1v) is 7.69. The van der Waals surface area contributed by atoms with Crippen LogP contribution in [0.4, 0.5) is 0 Å². The van der Waals surface area contributed by atoms with E-state index in [9.17, 15) is 0 Å². The van der Waals surface area contributed by atoms with Gasteiger partial charge in [0, 0.05) is 25.2 Å². The van der Waals surface area contributed by atoms with Gasteiger partial charge in [-0.15, -0.1) is 0 Å². The molecule has 0 spiro atoms. The Labute approximate surface area is 129 Å². The first-order valence-electron chi connectivity index (χ1n) is 7.69. The monoisotopic (exact) mass is 293 g/mol. The van der Waals surface area contributed by atoms with Gasteiger partial charge >= 0.3 is 0 Å². The van der Waals surface area contributed by atoms with Gasteiger partial charge in [0.05, 0.1) is 7.11 Å². The van der Waals surface area contributed by atoms with E-state index in [4.69, 9.17) is 10.5 Å². The molecule has 0 aliphatic heterocycles. The third-order valence-corrected chi connectivity index (χ3v) is 3.99. The summed E-state index contributed by atoms with van der Waals surface area (Å²) in [5.41, 5.74) is 8.51. The normalized spacial score (nSPS) is 14.5. The number of benzene rings is 1. The maximum atomic E-state index is 6.08. The number of nitrogens with two attached hydrogens (primary N) is 1. The van der Waals surface area contributed by atoms with Crippen molar-refractivity contribution in [2.45, 2.75) is 32.9 Å². The number of ether oxygens (including phenoxy) is 1. The van der Waals surface area contributed by atoms with Crippen LogP contribution in [0.15, 0.2) is 18.2 Å². The van der Waals surface area contributed by atoms with E-state index in [1.807, 2.05) is 6.07 Å². The van der Waals surface area contributed by atoms with Gasteiger partial charge in [-0.05, 0) is 51.7 Å². The molecule has 0 radical (unpaired) electrons. The molecule has 0 saturated carbocycles. The smallest absolute Gasteiger partial charge is 0.121 e. The summed E-state index contributed by atoms with van der Waals surface area (Å²) in [5.74, 6) is 0.930. The van der Waals surface area contributed by atoms with Crippen molar-refractivity contribution in [3.8, 4) is 5.75 Å². The lowest BCUT2D eigenvalue weighted by Crippen LogP contribution is -2.44. The van der Waals surface area contributed by atoms with Crippen molar-refractivity contribution >= 4 is 0 Å². The molecular formula is C17H31N3O. The van der Waals surface area contributed by atoms with Crippen molar-refractivity contribution in [3.05, 3.63) is 29.3 Å². The quantitative estimate of drug-likeness (QED) is 0.798. The topological polar surface area (TPSA) is 41.7 Å². The van der Waals surface area contributed by atoms with Crippen LogP contribution in [0, 0.1) is 6.92 Å². The lowest BCUT2D eigenvalue weighted by molar-refractivity contribution is 0.131. The van der Waals surface area contributed by atoms with E-state index >= 15 is 0 Å². The Bertz CT molecular complexity index is 434. The summed E-state index contributed by atoms with van der Waals surface area (Å²) < 4.78 is 5.35. The molecule has 0 aliphatic rings. The van der Waals surface area contributed by atoms with Crippen LogP contribution in [-0.4, -0.2) is 56.7 Å². The van der Waals surface area contributed by atoms with E-state index in [2.05, 4.69) is 56.8 Å². The zero-order chi connectivity index (χ0) is 16.0. The molecule has 0 amide bonds. The van der Waals surface area contributed by atoms with Gasteiger partial charge in [0.15, 0.2) is 0 Å². The predicted molar refractivity (Wildman–Crippen MR) is 89.9 cm³/mol. The van der Waals surface area contributed by atoms with Crippen LogP contribution in [0.3, 0.4) is 0 Å². The molecule has 1 rings (SSSR count). The van der Waals surface area contributed by atoms with Crippen LogP contribution in [0.25, 0.3) is 0 Å². The molecule has 120 valence electrons. The Morgan fingerprint density at radius 2 is 1.95 bits per heavy atom. The van der Waals surface area contributed by atoms with E-state index in [-0.39, 0.29) is 6.04 Å². The van der Waals surface area contributed by atoms with Crippen LogP contribution < -0.4 is 10.5 Å². The van der Waals surface area contributed by atoms with Crippen molar-refractivity contribution in [1.82, 2.24) is 9.80 Å². The zero-order valence-electron chi connectivity index (χ0n) is 14.4. The molecule has 0 heterocycles.